The Morgan fingerprint density at radius 1 is 1.36 bits per heavy atom. The number of thiophene rings is 1. The van der Waals surface area contributed by atoms with Crippen LogP contribution < -0.4 is 11.1 Å². The lowest BCUT2D eigenvalue weighted by Gasteiger charge is -2.03. The molecule has 5 nitrogen and oxygen atoms in total. The highest BCUT2D eigenvalue weighted by molar-refractivity contribution is 7.19. The molecule has 0 radical (unpaired) electrons. The lowest BCUT2D eigenvalue weighted by atomic mass is 10.2. The fourth-order valence-corrected chi connectivity index (χ4v) is 3.25. The Balaban J connectivity index is 0.00000121. The molecule has 3 heterocycles. The fraction of sp³-hybridized carbons (Fsp3) is 0.286. The summed E-state index contributed by atoms with van der Waals surface area (Å²) < 4.78 is 6.37. The van der Waals surface area contributed by atoms with Crippen LogP contribution in [0.3, 0.4) is 0 Å². The molecule has 0 saturated carbocycles. The second-order valence-corrected chi connectivity index (χ2v) is 5.90. The van der Waals surface area contributed by atoms with E-state index in [1.807, 2.05) is 19.1 Å². The lowest BCUT2D eigenvalue weighted by Crippen LogP contribution is -2.16. The number of nitrogens with zero attached hydrogens (tertiary/aromatic N) is 2. The maximum Gasteiger partial charge on any atom is 0.147 e. The molecule has 1 atom stereocenters. The Kier molecular flexibility index (Phi) is 7.09. The Morgan fingerprint density at radius 3 is 2.86 bits per heavy atom. The minimum atomic E-state index is 0. The predicted molar refractivity (Wildman–Crippen MR) is 95.3 cm³/mol. The standard InChI is InChI=1S/C14H16N4OS.2ClH/c1-9(15)5-11-6-12-13(20-11)14(18-8-17-12)16-7-10-3-2-4-19-10;;/h2-4,6,8-9H,5,7,15H2,1H3,(H,16,17,18);2*1H/t9-;;/m0../s1. The van der Waals surface area contributed by atoms with Gasteiger partial charge in [0.1, 0.15) is 17.9 Å². The number of hydrogen-bond donors (Lipinski definition) is 2. The van der Waals surface area contributed by atoms with Crippen molar-refractivity contribution in [1.82, 2.24) is 9.97 Å². The summed E-state index contributed by atoms with van der Waals surface area (Å²) in [6.07, 6.45) is 4.10. The Labute approximate surface area is 145 Å². The number of nitrogens with one attached hydrogen (secondary N) is 1. The van der Waals surface area contributed by atoms with Crippen LogP contribution in [0.1, 0.15) is 17.6 Å². The lowest BCUT2D eigenvalue weighted by molar-refractivity contribution is 0.518. The number of nitrogens with two attached hydrogens (primary N) is 1. The Hall–Kier alpha value is -1.34. The van der Waals surface area contributed by atoms with E-state index in [1.54, 1.807) is 23.9 Å². The molecule has 0 fully saturated rings. The van der Waals surface area contributed by atoms with Gasteiger partial charge in [0.25, 0.3) is 0 Å². The van der Waals surface area contributed by atoms with Crippen LogP contribution in [-0.2, 0) is 13.0 Å². The van der Waals surface area contributed by atoms with Crippen LogP contribution in [0, 0.1) is 0 Å². The molecule has 0 aliphatic heterocycles. The van der Waals surface area contributed by atoms with Crippen LogP contribution in [-0.4, -0.2) is 16.0 Å². The van der Waals surface area contributed by atoms with Crippen LogP contribution in [0.2, 0.25) is 0 Å². The number of aromatic nitrogens is 2. The van der Waals surface area contributed by atoms with Crippen molar-refractivity contribution in [3.8, 4) is 0 Å². The van der Waals surface area contributed by atoms with E-state index in [2.05, 4.69) is 21.4 Å². The molecular weight excluding hydrogens is 343 g/mol. The zero-order valence-electron chi connectivity index (χ0n) is 12.0. The quantitative estimate of drug-likeness (QED) is 0.726. The third-order valence-corrected chi connectivity index (χ3v) is 4.05. The molecule has 0 aliphatic carbocycles. The number of anilines is 1. The number of furan rings is 1. The zero-order valence-corrected chi connectivity index (χ0v) is 14.4. The van der Waals surface area contributed by atoms with E-state index in [1.165, 1.54) is 4.88 Å². The van der Waals surface area contributed by atoms with E-state index in [0.717, 1.165) is 28.2 Å². The minimum absolute atomic E-state index is 0. The molecule has 3 rings (SSSR count). The largest absolute Gasteiger partial charge is 0.467 e. The summed E-state index contributed by atoms with van der Waals surface area (Å²) in [6, 6.07) is 6.04. The zero-order chi connectivity index (χ0) is 13.9. The summed E-state index contributed by atoms with van der Waals surface area (Å²) >= 11 is 1.69. The Morgan fingerprint density at radius 2 is 2.18 bits per heavy atom. The van der Waals surface area contributed by atoms with E-state index in [4.69, 9.17) is 10.2 Å². The molecule has 0 bridgehead atoms. The van der Waals surface area contributed by atoms with Crippen LogP contribution in [0.15, 0.2) is 35.2 Å². The number of hydrogen-bond acceptors (Lipinski definition) is 6. The number of rotatable bonds is 5. The van der Waals surface area contributed by atoms with E-state index in [9.17, 15) is 0 Å². The van der Waals surface area contributed by atoms with Crippen LogP contribution >= 0.6 is 36.2 Å². The third kappa shape index (κ3) is 4.33. The average Bonchev–Trinajstić information content (AvgIpc) is 3.03. The van der Waals surface area contributed by atoms with Crippen molar-refractivity contribution in [2.75, 3.05) is 5.32 Å². The fourth-order valence-electron chi connectivity index (χ4n) is 2.03. The second-order valence-electron chi connectivity index (χ2n) is 4.76. The van der Waals surface area contributed by atoms with Gasteiger partial charge in [-0.2, -0.15) is 0 Å². The van der Waals surface area contributed by atoms with Gasteiger partial charge >= 0.3 is 0 Å². The van der Waals surface area contributed by atoms with Gasteiger partial charge in [0.2, 0.25) is 0 Å². The summed E-state index contributed by atoms with van der Waals surface area (Å²) in [5, 5.41) is 3.29. The van der Waals surface area contributed by atoms with Crippen molar-refractivity contribution in [1.29, 1.82) is 0 Å². The van der Waals surface area contributed by atoms with Gasteiger partial charge in [-0.05, 0) is 31.5 Å². The van der Waals surface area contributed by atoms with Crippen molar-refractivity contribution in [3.05, 3.63) is 41.4 Å². The van der Waals surface area contributed by atoms with Gasteiger partial charge in [-0.1, -0.05) is 0 Å². The van der Waals surface area contributed by atoms with Crippen LogP contribution in [0.25, 0.3) is 10.2 Å². The maximum atomic E-state index is 5.85. The van der Waals surface area contributed by atoms with Crippen molar-refractivity contribution in [3.63, 3.8) is 0 Å². The van der Waals surface area contributed by atoms with Gasteiger partial charge in [-0.15, -0.1) is 36.2 Å². The summed E-state index contributed by atoms with van der Waals surface area (Å²) in [5.41, 5.74) is 6.81. The highest BCUT2D eigenvalue weighted by atomic mass is 35.5. The predicted octanol–water partition coefficient (Wildman–Crippen LogP) is 3.63. The van der Waals surface area contributed by atoms with Gasteiger partial charge in [-0.25, -0.2) is 9.97 Å². The molecule has 0 unspecified atom stereocenters. The minimum Gasteiger partial charge on any atom is -0.467 e. The van der Waals surface area contributed by atoms with E-state index in [0.29, 0.717) is 6.54 Å². The topological polar surface area (TPSA) is 77.0 Å². The van der Waals surface area contributed by atoms with Crippen LogP contribution in [0.4, 0.5) is 5.82 Å². The van der Waals surface area contributed by atoms with E-state index < -0.39 is 0 Å². The molecule has 0 aliphatic rings. The summed E-state index contributed by atoms with van der Waals surface area (Å²) in [6.45, 7) is 2.62. The van der Waals surface area contributed by atoms with Crippen molar-refractivity contribution in [2.45, 2.75) is 25.9 Å². The second kappa shape index (κ2) is 8.33. The van der Waals surface area contributed by atoms with Crippen LogP contribution in [0.5, 0.6) is 0 Å². The van der Waals surface area contributed by atoms with Gasteiger partial charge in [0.05, 0.1) is 23.0 Å². The van der Waals surface area contributed by atoms with Gasteiger partial charge in [0, 0.05) is 10.9 Å². The first kappa shape index (κ1) is 18.7. The highest BCUT2D eigenvalue weighted by Crippen LogP contribution is 2.29. The first-order valence-corrected chi connectivity index (χ1v) is 7.29. The van der Waals surface area contributed by atoms with Gasteiger partial charge in [-0.3, -0.25) is 0 Å². The summed E-state index contributed by atoms with van der Waals surface area (Å²) in [5.74, 6) is 1.72. The Bertz CT molecular complexity index is 700. The molecular formula is C14H18Cl2N4OS. The molecule has 0 spiro atoms. The van der Waals surface area contributed by atoms with E-state index >= 15 is 0 Å². The molecule has 120 valence electrons. The highest BCUT2D eigenvalue weighted by Gasteiger charge is 2.10. The first-order chi connectivity index (χ1) is 9.72. The molecule has 0 aromatic carbocycles. The van der Waals surface area contributed by atoms with Gasteiger partial charge in [0.15, 0.2) is 0 Å². The number of halogens is 2. The van der Waals surface area contributed by atoms with E-state index in [-0.39, 0.29) is 30.9 Å². The number of fused-ring (bicyclic) bond motifs is 1. The molecule has 3 aromatic rings. The molecule has 0 saturated heterocycles. The first-order valence-electron chi connectivity index (χ1n) is 6.47. The summed E-state index contributed by atoms with van der Waals surface area (Å²) in [4.78, 5) is 9.86. The monoisotopic (exact) mass is 360 g/mol. The van der Waals surface area contributed by atoms with Crippen molar-refractivity contribution in [2.24, 2.45) is 5.73 Å². The smallest absolute Gasteiger partial charge is 0.147 e. The summed E-state index contributed by atoms with van der Waals surface area (Å²) in [7, 11) is 0. The molecule has 3 N–H and O–H groups in total. The molecule has 0 amide bonds. The SMILES string of the molecule is C[C@H](N)Cc1cc2ncnc(NCc3ccco3)c2s1.Cl.Cl. The third-order valence-electron chi connectivity index (χ3n) is 2.90. The van der Waals surface area contributed by atoms with Crippen molar-refractivity contribution >= 4 is 52.2 Å². The maximum absolute atomic E-state index is 5.85. The molecule has 3 aromatic heterocycles. The van der Waals surface area contributed by atoms with Crippen molar-refractivity contribution < 1.29 is 4.42 Å². The molecule has 22 heavy (non-hydrogen) atoms. The van der Waals surface area contributed by atoms with Gasteiger partial charge < -0.3 is 15.5 Å². The average molecular weight is 361 g/mol. The normalized spacial score (nSPS) is 11.5. The molecule has 8 heteroatoms.